The molecule has 0 bridgehead atoms. The Morgan fingerprint density at radius 2 is 1.68 bits per heavy atom. The van der Waals surface area contributed by atoms with Crippen LogP contribution in [0.2, 0.25) is 5.02 Å². The van der Waals surface area contributed by atoms with E-state index in [0.29, 0.717) is 35.2 Å². The van der Waals surface area contributed by atoms with Crippen LogP contribution in [0, 0.1) is 5.92 Å². The number of halogens is 2. The summed E-state index contributed by atoms with van der Waals surface area (Å²) in [6, 6.07) is 12.8. The van der Waals surface area contributed by atoms with Crippen molar-refractivity contribution in [1.29, 1.82) is 0 Å². The average Bonchev–Trinajstić information content (AvgIpc) is 2.65. The predicted octanol–water partition coefficient (Wildman–Crippen LogP) is 3.49. The van der Waals surface area contributed by atoms with E-state index in [1.165, 1.54) is 0 Å². The Balaban J connectivity index is 0.00000392. The number of benzene rings is 2. The summed E-state index contributed by atoms with van der Waals surface area (Å²) < 4.78 is 5.41. The molecule has 0 saturated carbocycles. The Bertz CT molecular complexity index is 765. The lowest BCUT2D eigenvalue weighted by Gasteiger charge is -2.22. The molecule has 2 rings (SSSR count). The first-order valence-electron chi connectivity index (χ1n) is 8.71. The molecule has 0 aliphatic rings. The van der Waals surface area contributed by atoms with E-state index < -0.39 is 6.04 Å². The molecule has 2 amide bonds. The number of ether oxygens (including phenoxy) is 1. The van der Waals surface area contributed by atoms with Crippen LogP contribution >= 0.6 is 24.0 Å². The molecule has 0 fully saturated rings. The van der Waals surface area contributed by atoms with E-state index in [0.717, 1.165) is 0 Å². The van der Waals surface area contributed by atoms with Gasteiger partial charge in [0.2, 0.25) is 5.91 Å². The second kappa shape index (κ2) is 11.5. The maximum atomic E-state index is 12.6. The number of anilines is 1. The molecule has 1 atom stereocenters. The molecule has 0 spiro atoms. The summed E-state index contributed by atoms with van der Waals surface area (Å²) in [7, 11) is 0. The number of carbonyl (C=O) groups is 2. The number of amides is 2. The zero-order valence-corrected chi connectivity index (χ0v) is 17.3. The second-order valence-corrected chi connectivity index (χ2v) is 6.79. The Morgan fingerprint density at radius 1 is 1.07 bits per heavy atom. The summed E-state index contributed by atoms with van der Waals surface area (Å²) in [5, 5.41) is 6.14. The van der Waals surface area contributed by atoms with Gasteiger partial charge >= 0.3 is 0 Å². The minimum atomic E-state index is -0.679. The van der Waals surface area contributed by atoms with Gasteiger partial charge in [-0.3, -0.25) is 9.59 Å². The van der Waals surface area contributed by atoms with Gasteiger partial charge in [-0.15, -0.1) is 12.4 Å². The fourth-order valence-electron chi connectivity index (χ4n) is 2.39. The van der Waals surface area contributed by atoms with E-state index in [9.17, 15) is 9.59 Å². The van der Waals surface area contributed by atoms with Gasteiger partial charge in [0.25, 0.3) is 5.91 Å². The highest BCUT2D eigenvalue weighted by Crippen LogP contribution is 2.17. The van der Waals surface area contributed by atoms with E-state index in [-0.39, 0.29) is 30.1 Å². The molecular formula is C20H25Cl2N3O3. The molecule has 4 N–H and O–H groups in total. The quantitative estimate of drug-likeness (QED) is 0.603. The van der Waals surface area contributed by atoms with E-state index in [1.54, 1.807) is 48.5 Å². The molecule has 0 aliphatic carbocycles. The molecule has 0 heterocycles. The molecule has 2 aromatic carbocycles. The number of hydrogen-bond donors (Lipinski definition) is 3. The lowest BCUT2D eigenvalue weighted by atomic mass is 10.0. The first kappa shape index (κ1) is 23.8. The number of nitrogens with one attached hydrogen (secondary N) is 2. The lowest BCUT2D eigenvalue weighted by molar-refractivity contribution is -0.118. The molecule has 0 saturated heterocycles. The van der Waals surface area contributed by atoms with Crippen molar-refractivity contribution in [3.63, 3.8) is 0 Å². The molecule has 0 radical (unpaired) electrons. The third-order valence-corrected chi connectivity index (χ3v) is 4.10. The van der Waals surface area contributed by atoms with E-state index in [1.807, 2.05) is 13.8 Å². The molecule has 152 valence electrons. The summed E-state index contributed by atoms with van der Waals surface area (Å²) in [5.41, 5.74) is 6.46. The summed E-state index contributed by atoms with van der Waals surface area (Å²) in [6.45, 7) is 4.60. The molecular weight excluding hydrogens is 401 g/mol. The van der Waals surface area contributed by atoms with Crippen LogP contribution in [0.3, 0.4) is 0 Å². The summed E-state index contributed by atoms with van der Waals surface area (Å²) in [5.74, 6) is -0.0303. The third kappa shape index (κ3) is 7.03. The van der Waals surface area contributed by atoms with Gasteiger partial charge in [-0.1, -0.05) is 25.4 Å². The van der Waals surface area contributed by atoms with Crippen molar-refractivity contribution in [2.45, 2.75) is 19.9 Å². The molecule has 2 aromatic rings. The summed E-state index contributed by atoms with van der Waals surface area (Å²) >= 11 is 5.84. The molecule has 0 aliphatic heterocycles. The normalized spacial score (nSPS) is 11.3. The van der Waals surface area contributed by atoms with Crippen LogP contribution in [0.5, 0.6) is 5.75 Å². The van der Waals surface area contributed by atoms with Crippen molar-refractivity contribution in [1.82, 2.24) is 5.32 Å². The smallest absolute Gasteiger partial charge is 0.251 e. The predicted molar refractivity (Wildman–Crippen MR) is 114 cm³/mol. The lowest BCUT2D eigenvalue weighted by Crippen LogP contribution is -2.47. The van der Waals surface area contributed by atoms with Crippen molar-refractivity contribution in [2.24, 2.45) is 11.7 Å². The molecule has 8 heteroatoms. The van der Waals surface area contributed by atoms with Crippen LogP contribution in [0.25, 0.3) is 0 Å². The van der Waals surface area contributed by atoms with Gasteiger partial charge in [0.1, 0.15) is 18.4 Å². The fraction of sp³-hybridized carbons (Fsp3) is 0.300. The largest absolute Gasteiger partial charge is 0.492 e. The number of rotatable bonds is 8. The molecule has 0 aromatic heterocycles. The van der Waals surface area contributed by atoms with Crippen LogP contribution in [0.4, 0.5) is 5.69 Å². The van der Waals surface area contributed by atoms with Crippen LogP contribution < -0.4 is 21.1 Å². The minimum Gasteiger partial charge on any atom is -0.492 e. The monoisotopic (exact) mass is 425 g/mol. The zero-order chi connectivity index (χ0) is 19.8. The third-order valence-electron chi connectivity index (χ3n) is 3.85. The average molecular weight is 426 g/mol. The SMILES string of the molecule is CC(C)C(NC(=O)c1ccc(Cl)cc1)C(=O)Nc1ccc(OCCN)cc1.Cl. The van der Waals surface area contributed by atoms with Gasteiger partial charge in [-0.25, -0.2) is 0 Å². The van der Waals surface area contributed by atoms with Gasteiger partial charge in [0.05, 0.1) is 0 Å². The van der Waals surface area contributed by atoms with Crippen LogP contribution in [0.1, 0.15) is 24.2 Å². The maximum Gasteiger partial charge on any atom is 0.251 e. The highest BCUT2D eigenvalue weighted by atomic mass is 35.5. The van der Waals surface area contributed by atoms with Crippen LogP contribution in [0.15, 0.2) is 48.5 Å². The number of hydrogen-bond acceptors (Lipinski definition) is 4. The van der Waals surface area contributed by atoms with Gasteiger partial charge < -0.3 is 21.1 Å². The van der Waals surface area contributed by atoms with Gasteiger partial charge in [0.15, 0.2) is 0 Å². The number of nitrogens with two attached hydrogens (primary N) is 1. The van der Waals surface area contributed by atoms with E-state index >= 15 is 0 Å². The molecule has 28 heavy (non-hydrogen) atoms. The van der Waals surface area contributed by atoms with Gasteiger partial charge in [-0.2, -0.15) is 0 Å². The van der Waals surface area contributed by atoms with Crippen LogP contribution in [-0.2, 0) is 4.79 Å². The Labute approximate surface area is 176 Å². The fourth-order valence-corrected chi connectivity index (χ4v) is 2.52. The first-order chi connectivity index (χ1) is 12.9. The Morgan fingerprint density at radius 3 is 2.21 bits per heavy atom. The van der Waals surface area contributed by atoms with Crippen molar-refractivity contribution < 1.29 is 14.3 Å². The first-order valence-corrected chi connectivity index (χ1v) is 9.08. The van der Waals surface area contributed by atoms with Crippen molar-refractivity contribution in [2.75, 3.05) is 18.5 Å². The Kier molecular flexibility index (Phi) is 9.79. The molecule has 1 unspecified atom stereocenters. The number of carbonyl (C=O) groups excluding carboxylic acids is 2. The van der Waals surface area contributed by atoms with Crippen LogP contribution in [-0.4, -0.2) is 31.0 Å². The highest BCUT2D eigenvalue weighted by Gasteiger charge is 2.24. The molecule has 6 nitrogen and oxygen atoms in total. The van der Waals surface area contributed by atoms with Crippen molar-refractivity contribution >= 4 is 41.5 Å². The minimum absolute atomic E-state index is 0. The van der Waals surface area contributed by atoms with Crippen molar-refractivity contribution in [3.8, 4) is 5.75 Å². The zero-order valence-electron chi connectivity index (χ0n) is 15.8. The summed E-state index contributed by atoms with van der Waals surface area (Å²) in [4.78, 5) is 25.0. The highest BCUT2D eigenvalue weighted by molar-refractivity contribution is 6.30. The summed E-state index contributed by atoms with van der Waals surface area (Å²) in [6.07, 6.45) is 0. The van der Waals surface area contributed by atoms with Crippen molar-refractivity contribution in [3.05, 3.63) is 59.1 Å². The Hall–Kier alpha value is -2.28. The van der Waals surface area contributed by atoms with Gasteiger partial charge in [-0.05, 0) is 54.4 Å². The topological polar surface area (TPSA) is 93.5 Å². The maximum absolute atomic E-state index is 12.6. The second-order valence-electron chi connectivity index (χ2n) is 6.35. The van der Waals surface area contributed by atoms with E-state index in [4.69, 9.17) is 22.1 Å². The van der Waals surface area contributed by atoms with E-state index in [2.05, 4.69) is 10.6 Å². The standard InChI is InChI=1S/C20H24ClN3O3.ClH/c1-13(2)18(24-19(25)14-3-5-15(21)6-4-14)20(26)23-16-7-9-17(10-8-16)27-12-11-22;/h3-10,13,18H,11-12,22H2,1-2H3,(H,23,26)(H,24,25);1H. The van der Waals surface area contributed by atoms with Gasteiger partial charge in [0, 0.05) is 22.8 Å².